The molecule has 1 saturated heterocycles. The highest BCUT2D eigenvalue weighted by molar-refractivity contribution is 7.80. The average Bonchev–Trinajstić information content (AvgIpc) is 2.83. The van der Waals surface area contributed by atoms with Gasteiger partial charge in [-0.25, -0.2) is 9.97 Å². The fourth-order valence-corrected chi connectivity index (χ4v) is 4.50. The molecule has 168 valence electrons. The van der Waals surface area contributed by atoms with Gasteiger partial charge in [-0.1, -0.05) is 30.3 Å². The maximum absolute atomic E-state index is 5.74. The number of ether oxygens (including phenoxy) is 2. The molecule has 1 aliphatic rings. The van der Waals surface area contributed by atoms with Crippen LogP contribution in [0.4, 0.5) is 5.82 Å². The summed E-state index contributed by atoms with van der Waals surface area (Å²) in [5.41, 5.74) is 2.04. The summed E-state index contributed by atoms with van der Waals surface area (Å²) >= 11 is 5.74. The third-order valence-corrected chi connectivity index (χ3v) is 6.30. The van der Waals surface area contributed by atoms with Gasteiger partial charge in [0.05, 0.1) is 19.7 Å². The second-order valence-corrected chi connectivity index (χ2v) is 8.46. The molecular formula is C24H29N5O2S. The van der Waals surface area contributed by atoms with Gasteiger partial charge in [-0.15, -0.1) is 0 Å². The maximum Gasteiger partial charge on any atom is 0.169 e. The molecule has 1 aromatic heterocycles. The van der Waals surface area contributed by atoms with E-state index in [9.17, 15) is 0 Å². The predicted octanol–water partition coefficient (Wildman–Crippen LogP) is 3.62. The van der Waals surface area contributed by atoms with Crippen LogP contribution in [0.15, 0.2) is 48.8 Å². The minimum absolute atomic E-state index is 0.217. The van der Waals surface area contributed by atoms with Crippen LogP contribution in [0.1, 0.15) is 19.4 Å². The number of thiocarbonyl (C=S) groups is 1. The number of hydrogen-bond donors (Lipinski definition) is 1. The molecule has 2 aromatic carbocycles. The van der Waals surface area contributed by atoms with E-state index in [1.54, 1.807) is 20.5 Å². The molecule has 3 aromatic rings. The van der Waals surface area contributed by atoms with E-state index in [1.807, 2.05) is 30.3 Å². The van der Waals surface area contributed by atoms with Gasteiger partial charge in [0.15, 0.2) is 16.6 Å². The highest BCUT2D eigenvalue weighted by atomic mass is 32.1. The van der Waals surface area contributed by atoms with Crippen LogP contribution in [0.3, 0.4) is 0 Å². The van der Waals surface area contributed by atoms with Crippen LogP contribution in [-0.2, 0) is 6.54 Å². The monoisotopic (exact) mass is 451 g/mol. The number of methoxy groups -OCH3 is 2. The van der Waals surface area contributed by atoms with Gasteiger partial charge in [-0.05, 0) is 37.7 Å². The topological polar surface area (TPSA) is 62.8 Å². The van der Waals surface area contributed by atoms with Crippen LogP contribution < -0.4 is 19.7 Å². The van der Waals surface area contributed by atoms with Crippen molar-refractivity contribution in [2.24, 2.45) is 0 Å². The molecule has 0 bridgehead atoms. The lowest BCUT2D eigenvalue weighted by atomic mass is 10.1. The number of fused-ring (bicyclic) bond motifs is 1. The summed E-state index contributed by atoms with van der Waals surface area (Å²) in [4.78, 5) is 13.7. The zero-order valence-corrected chi connectivity index (χ0v) is 19.7. The normalized spacial score (nSPS) is 18.5. The van der Waals surface area contributed by atoms with E-state index in [0.29, 0.717) is 11.5 Å². The van der Waals surface area contributed by atoms with Crippen LogP contribution in [0.2, 0.25) is 0 Å². The Kier molecular flexibility index (Phi) is 6.60. The SMILES string of the molecule is COc1cc2ncnc(N3C[C@@H](C)N(C(=S)NCc4ccccc4)C[C@@H]3C)c2cc1OC. The molecule has 0 spiro atoms. The minimum atomic E-state index is 0.217. The lowest BCUT2D eigenvalue weighted by Crippen LogP contribution is -2.60. The standard InChI is InChI=1S/C24H29N5O2S/c1-16-14-29(24(32)25-12-18-8-6-5-7-9-18)17(2)13-28(16)23-19-10-21(30-3)22(31-4)11-20(19)26-15-27-23/h5-11,15-17H,12-14H2,1-4H3,(H,25,32)/t16-,17+/m0/s1. The fourth-order valence-electron chi connectivity index (χ4n) is 4.18. The van der Waals surface area contributed by atoms with Crippen LogP contribution in [0, 0.1) is 0 Å². The lowest BCUT2D eigenvalue weighted by molar-refractivity contribution is 0.259. The molecule has 32 heavy (non-hydrogen) atoms. The molecule has 0 unspecified atom stereocenters. The smallest absolute Gasteiger partial charge is 0.169 e. The highest BCUT2D eigenvalue weighted by Gasteiger charge is 2.32. The maximum atomic E-state index is 5.74. The van der Waals surface area contributed by atoms with Crippen molar-refractivity contribution >= 4 is 34.1 Å². The zero-order valence-electron chi connectivity index (χ0n) is 18.9. The molecule has 7 nitrogen and oxygen atoms in total. The van der Waals surface area contributed by atoms with E-state index in [2.05, 4.69) is 51.1 Å². The van der Waals surface area contributed by atoms with Crippen molar-refractivity contribution in [3.63, 3.8) is 0 Å². The Morgan fingerprint density at radius 2 is 1.75 bits per heavy atom. The number of rotatable bonds is 5. The summed E-state index contributed by atoms with van der Waals surface area (Å²) in [6.07, 6.45) is 1.61. The van der Waals surface area contributed by atoms with Gasteiger partial charge < -0.3 is 24.6 Å². The second kappa shape index (κ2) is 9.56. The van der Waals surface area contributed by atoms with Gasteiger partial charge in [-0.3, -0.25) is 0 Å². The van der Waals surface area contributed by atoms with Crippen LogP contribution in [0.25, 0.3) is 10.9 Å². The Morgan fingerprint density at radius 3 is 2.47 bits per heavy atom. The molecule has 0 radical (unpaired) electrons. The van der Waals surface area contributed by atoms with Crippen molar-refractivity contribution in [2.75, 3.05) is 32.2 Å². The van der Waals surface area contributed by atoms with E-state index in [0.717, 1.165) is 41.5 Å². The van der Waals surface area contributed by atoms with E-state index < -0.39 is 0 Å². The van der Waals surface area contributed by atoms with Crippen molar-refractivity contribution in [1.29, 1.82) is 0 Å². The van der Waals surface area contributed by atoms with Gasteiger partial charge in [-0.2, -0.15) is 0 Å². The number of piperazine rings is 1. The molecule has 0 saturated carbocycles. The fraction of sp³-hybridized carbons (Fsp3) is 0.375. The minimum Gasteiger partial charge on any atom is -0.493 e. The molecule has 0 aliphatic carbocycles. The van der Waals surface area contributed by atoms with Gasteiger partial charge >= 0.3 is 0 Å². The van der Waals surface area contributed by atoms with Gasteiger partial charge in [0.1, 0.15) is 12.1 Å². The Bertz CT molecular complexity index is 1090. The van der Waals surface area contributed by atoms with Crippen molar-refractivity contribution in [3.05, 3.63) is 54.4 Å². The molecule has 1 N–H and O–H groups in total. The third-order valence-electron chi connectivity index (χ3n) is 5.93. The summed E-state index contributed by atoms with van der Waals surface area (Å²) in [7, 11) is 3.27. The Morgan fingerprint density at radius 1 is 1.03 bits per heavy atom. The second-order valence-electron chi connectivity index (χ2n) is 8.07. The van der Waals surface area contributed by atoms with E-state index in [4.69, 9.17) is 21.7 Å². The molecule has 1 aliphatic heterocycles. The van der Waals surface area contributed by atoms with Crippen molar-refractivity contribution < 1.29 is 9.47 Å². The van der Waals surface area contributed by atoms with E-state index in [-0.39, 0.29) is 12.1 Å². The first-order valence-electron chi connectivity index (χ1n) is 10.7. The molecule has 2 atom stereocenters. The van der Waals surface area contributed by atoms with Gasteiger partial charge in [0, 0.05) is 43.2 Å². The summed E-state index contributed by atoms with van der Waals surface area (Å²) < 4.78 is 11.0. The van der Waals surface area contributed by atoms with Crippen LogP contribution in [0.5, 0.6) is 11.5 Å². The van der Waals surface area contributed by atoms with Gasteiger partial charge in [0.2, 0.25) is 0 Å². The number of anilines is 1. The largest absolute Gasteiger partial charge is 0.493 e. The Hall–Kier alpha value is -3.13. The molecule has 8 heteroatoms. The molecule has 0 amide bonds. The van der Waals surface area contributed by atoms with E-state index >= 15 is 0 Å². The van der Waals surface area contributed by atoms with Crippen LogP contribution in [-0.4, -0.2) is 59.4 Å². The zero-order chi connectivity index (χ0) is 22.7. The number of nitrogens with one attached hydrogen (secondary N) is 1. The summed E-state index contributed by atoms with van der Waals surface area (Å²) in [5.74, 6) is 2.23. The lowest BCUT2D eigenvalue weighted by Gasteiger charge is -2.46. The van der Waals surface area contributed by atoms with Gasteiger partial charge in [0.25, 0.3) is 0 Å². The van der Waals surface area contributed by atoms with Crippen molar-refractivity contribution in [1.82, 2.24) is 20.2 Å². The van der Waals surface area contributed by atoms with E-state index in [1.165, 1.54) is 5.56 Å². The van der Waals surface area contributed by atoms with Crippen LogP contribution >= 0.6 is 12.2 Å². The average molecular weight is 452 g/mol. The Labute approximate surface area is 194 Å². The first-order valence-corrected chi connectivity index (χ1v) is 11.1. The molecule has 1 fully saturated rings. The summed E-state index contributed by atoms with van der Waals surface area (Å²) in [6, 6.07) is 14.6. The van der Waals surface area contributed by atoms with Crippen molar-refractivity contribution in [2.45, 2.75) is 32.5 Å². The number of aromatic nitrogens is 2. The summed E-state index contributed by atoms with van der Waals surface area (Å²) in [6.45, 7) is 6.73. The molecular weight excluding hydrogens is 422 g/mol. The number of benzene rings is 2. The molecule has 2 heterocycles. The molecule has 4 rings (SSSR count). The quantitative estimate of drug-likeness (QED) is 0.590. The number of nitrogens with zero attached hydrogens (tertiary/aromatic N) is 4. The third kappa shape index (κ3) is 4.41. The predicted molar refractivity (Wildman–Crippen MR) is 131 cm³/mol. The summed E-state index contributed by atoms with van der Waals surface area (Å²) in [5, 5.41) is 5.15. The number of hydrogen-bond acceptors (Lipinski definition) is 6. The first-order chi connectivity index (χ1) is 15.5. The van der Waals surface area contributed by atoms with Crippen molar-refractivity contribution in [3.8, 4) is 11.5 Å². The highest BCUT2D eigenvalue weighted by Crippen LogP contribution is 2.36. The first kappa shape index (κ1) is 22.1. The Balaban J connectivity index is 1.53.